The molecule has 3 aromatic rings. The molecule has 4 rings (SSSR count). The summed E-state index contributed by atoms with van der Waals surface area (Å²) >= 11 is 2.70. The number of amides is 3. The lowest BCUT2D eigenvalue weighted by Crippen LogP contribution is -2.40. The third-order valence-electron chi connectivity index (χ3n) is 5.29. The summed E-state index contributed by atoms with van der Waals surface area (Å²) in [6, 6.07) is 6.72. The molecule has 0 spiro atoms. The molecule has 0 saturated carbocycles. The summed E-state index contributed by atoms with van der Waals surface area (Å²) in [6.45, 7) is 4.66. The minimum atomic E-state index is -0.540. The van der Waals surface area contributed by atoms with Crippen LogP contribution in [0.25, 0.3) is 15.9 Å². The van der Waals surface area contributed by atoms with Gasteiger partial charge >= 0.3 is 6.03 Å². The SMILES string of the molecule is CCNC(=O)NC(=O)CSc1nc2sc3c(c2c(=O)n1-c1ccc(OCC)cc1)CCCC3. The summed E-state index contributed by atoms with van der Waals surface area (Å²) < 4.78 is 7.09. The maximum atomic E-state index is 13.7. The largest absolute Gasteiger partial charge is 0.494 e. The van der Waals surface area contributed by atoms with E-state index in [0.29, 0.717) is 40.0 Å². The van der Waals surface area contributed by atoms with Gasteiger partial charge in [-0.2, -0.15) is 0 Å². The second-order valence-electron chi connectivity index (χ2n) is 7.55. The molecule has 2 aromatic heterocycles. The van der Waals surface area contributed by atoms with Gasteiger partial charge in [-0.15, -0.1) is 11.3 Å². The molecule has 2 N–H and O–H groups in total. The zero-order valence-electron chi connectivity index (χ0n) is 18.6. The van der Waals surface area contributed by atoms with Crippen LogP contribution in [-0.4, -0.2) is 40.4 Å². The van der Waals surface area contributed by atoms with Gasteiger partial charge in [0.25, 0.3) is 5.56 Å². The molecule has 0 fully saturated rings. The zero-order chi connectivity index (χ0) is 23.4. The number of imide groups is 1. The highest BCUT2D eigenvalue weighted by Gasteiger charge is 2.23. The van der Waals surface area contributed by atoms with Crippen molar-refractivity contribution in [1.82, 2.24) is 20.2 Å². The number of aryl methyl sites for hydroxylation is 2. The van der Waals surface area contributed by atoms with E-state index in [-0.39, 0.29) is 11.3 Å². The summed E-state index contributed by atoms with van der Waals surface area (Å²) in [5.41, 5.74) is 1.64. The van der Waals surface area contributed by atoms with Gasteiger partial charge < -0.3 is 10.1 Å². The number of thiophene rings is 1. The fraction of sp³-hybridized carbons (Fsp3) is 0.391. The Bertz CT molecular complexity index is 1230. The summed E-state index contributed by atoms with van der Waals surface area (Å²) in [4.78, 5) is 44.4. The van der Waals surface area contributed by atoms with Crippen LogP contribution in [0.1, 0.15) is 37.1 Å². The van der Waals surface area contributed by atoms with Gasteiger partial charge in [0.05, 0.1) is 23.4 Å². The number of ether oxygens (including phenoxy) is 1. The Morgan fingerprint density at radius 3 is 2.67 bits per heavy atom. The lowest BCUT2D eigenvalue weighted by Gasteiger charge is -2.14. The molecule has 0 atom stereocenters. The molecular weight excluding hydrogens is 460 g/mol. The van der Waals surface area contributed by atoms with Crippen LogP contribution in [0.15, 0.2) is 34.2 Å². The zero-order valence-corrected chi connectivity index (χ0v) is 20.2. The summed E-state index contributed by atoms with van der Waals surface area (Å²) in [5, 5.41) is 5.91. The van der Waals surface area contributed by atoms with Crippen LogP contribution >= 0.6 is 23.1 Å². The first-order valence-electron chi connectivity index (χ1n) is 11.0. The first-order valence-corrected chi connectivity index (χ1v) is 12.8. The van der Waals surface area contributed by atoms with Gasteiger partial charge in [-0.25, -0.2) is 9.78 Å². The van der Waals surface area contributed by atoms with Crippen molar-refractivity contribution in [3.8, 4) is 11.4 Å². The van der Waals surface area contributed by atoms with Crippen LogP contribution in [0, 0.1) is 0 Å². The molecule has 0 aliphatic heterocycles. The number of hydrogen-bond acceptors (Lipinski definition) is 7. The smallest absolute Gasteiger partial charge is 0.321 e. The normalized spacial score (nSPS) is 12.9. The third kappa shape index (κ3) is 5.06. The van der Waals surface area contributed by atoms with Crippen LogP contribution in [0.4, 0.5) is 4.79 Å². The van der Waals surface area contributed by atoms with Gasteiger partial charge in [-0.1, -0.05) is 11.8 Å². The Hall–Kier alpha value is -2.85. The van der Waals surface area contributed by atoms with E-state index in [0.717, 1.165) is 43.0 Å². The highest BCUT2D eigenvalue weighted by atomic mass is 32.2. The Kier molecular flexibility index (Phi) is 7.34. The van der Waals surface area contributed by atoms with E-state index in [1.807, 2.05) is 31.2 Å². The van der Waals surface area contributed by atoms with E-state index in [1.165, 1.54) is 4.88 Å². The number of aromatic nitrogens is 2. The van der Waals surface area contributed by atoms with Crippen LogP contribution in [0.5, 0.6) is 5.75 Å². The topological polar surface area (TPSA) is 102 Å². The van der Waals surface area contributed by atoms with Crippen LogP contribution in [0.2, 0.25) is 0 Å². The van der Waals surface area contributed by atoms with E-state index >= 15 is 0 Å². The van der Waals surface area contributed by atoms with Crippen molar-refractivity contribution in [2.45, 2.75) is 44.7 Å². The summed E-state index contributed by atoms with van der Waals surface area (Å²) in [6.07, 6.45) is 4.04. The number of nitrogens with one attached hydrogen (secondary N) is 2. The molecule has 33 heavy (non-hydrogen) atoms. The van der Waals surface area contributed by atoms with Gasteiger partial charge in [0.15, 0.2) is 5.16 Å². The molecule has 1 aliphatic carbocycles. The summed E-state index contributed by atoms with van der Waals surface area (Å²) in [5.74, 6) is 0.216. The monoisotopic (exact) mass is 486 g/mol. The third-order valence-corrected chi connectivity index (χ3v) is 7.41. The number of thioether (sulfide) groups is 1. The lowest BCUT2D eigenvalue weighted by atomic mass is 9.97. The molecule has 0 saturated heterocycles. The molecule has 174 valence electrons. The van der Waals surface area contributed by atoms with E-state index in [2.05, 4.69) is 10.6 Å². The first-order chi connectivity index (χ1) is 16.0. The molecule has 1 aromatic carbocycles. The van der Waals surface area contributed by atoms with Crippen molar-refractivity contribution in [2.24, 2.45) is 0 Å². The van der Waals surface area contributed by atoms with Gasteiger partial charge in [0.2, 0.25) is 5.91 Å². The molecule has 8 nitrogen and oxygen atoms in total. The number of nitrogens with zero attached hydrogens (tertiary/aromatic N) is 2. The predicted octanol–water partition coefficient (Wildman–Crippen LogP) is 3.66. The maximum absolute atomic E-state index is 13.7. The second-order valence-corrected chi connectivity index (χ2v) is 9.58. The maximum Gasteiger partial charge on any atom is 0.321 e. The second kappa shape index (κ2) is 10.4. The number of carbonyl (C=O) groups excluding carboxylic acids is 2. The number of rotatable bonds is 7. The molecule has 10 heteroatoms. The Morgan fingerprint density at radius 1 is 1.18 bits per heavy atom. The van der Waals surface area contributed by atoms with Crippen molar-refractivity contribution in [1.29, 1.82) is 0 Å². The average molecular weight is 487 g/mol. The van der Waals surface area contributed by atoms with Crippen LogP contribution in [0.3, 0.4) is 0 Å². The fourth-order valence-corrected chi connectivity index (χ4v) is 5.98. The standard InChI is InChI=1S/C23H26N4O4S2/c1-3-24-22(30)25-18(28)13-32-23-26-20-19(16-7-5-6-8-17(16)33-20)21(29)27(23)14-9-11-15(12-10-14)31-4-2/h9-12H,3-8,13H2,1-2H3,(H2,24,25,28,30). The molecule has 0 bridgehead atoms. The van der Waals surface area contributed by atoms with Crippen LogP contribution in [-0.2, 0) is 17.6 Å². The van der Waals surface area contributed by atoms with E-state index < -0.39 is 11.9 Å². The van der Waals surface area contributed by atoms with Crippen molar-refractivity contribution >= 4 is 45.3 Å². The van der Waals surface area contributed by atoms with Crippen molar-refractivity contribution < 1.29 is 14.3 Å². The van der Waals surface area contributed by atoms with Crippen molar-refractivity contribution in [2.75, 3.05) is 18.9 Å². The molecule has 3 amide bonds. The Labute approximate surface area is 199 Å². The Morgan fingerprint density at radius 2 is 1.94 bits per heavy atom. The molecule has 0 radical (unpaired) electrons. The summed E-state index contributed by atoms with van der Waals surface area (Å²) in [7, 11) is 0. The average Bonchev–Trinajstić information content (AvgIpc) is 3.17. The minimum Gasteiger partial charge on any atom is -0.494 e. The van der Waals surface area contributed by atoms with Gasteiger partial charge in [0.1, 0.15) is 10.6 Å². The fourth-order valence-electron chi connectivity index (χ4n) is 3.87. The quantitative estimate of drug-likeness (QED) is 0.390. The van der Waals surface area contributed by atoms with Crippen molar-refractivity contribution in [3.05, 3.63) is 45.1 Å². The van der Waals surface area contributed by atoms with Crippen LogP contribution < -0.4 is 20.9 Å². The molecule has 0 unspecified atom stereocenters. The molecule has 2 heterocycles. The number of carbonyl (C=O) groups is 2. The number of benzene rings is 1. The van der Waals surface area contributed by atoms with Crippen molar-refractivity contribution in [3.63, 3.8) is 0 Å². The van der Waals surface area contributed by atoms with Gasteiger partial charge in [0, 0.05) is 11.4 Å². The number of fused-ring (bicyclic) bond motifs is 3. The van der Waals surface area contributed by atoms with Gasteiger partial charge in [-0.05, 0) is 69.4 Å². The van der Waals surface area contributed by atoms with E-state index in [1.54, 1.807) is 22.8 Å². The highest BCUT2D eigenvalue weighted by Crippen LogP contribution is 2.35. The predicted molar refractivity (Wildman–Crippen MR) is 131 cm³/mol. The first kappa shape index (κ1) is 23.3. The molecular formula is C23H26N4O4S2. The Balaban J connectivity index is 1.73. The number of urea groups is 1. The highest BCUT2D eigenvalue weighted by molar-refractivity contribution is 7.99. The number of hydrogen-bond donors (Lipinski definition) is 2. The van der Waals surface area contributed by atoms with E-state index in [4.69, 9.17) is 9.72 Å². The molecule has 1 aliphatic rings. The van der Waals surface area contributed by atoms with Gasteiger partial charge in [-0.3, -0.25) is 19.5 Å². The minimum absolute atomic E-state index is 0.0444. The van der Waals surface area contributed by atoms with E-state index in [9.17, 15) is 14.4 Å². The lowest BCUT2D eigenvalue weighted by molar-refractivity contribution is -0.117.